The fourth-order valence-electron chi connectivity index (χ4n) is 2.95. The summed E-state index contributed by atoms with van der Waals surface area (Å²) < 4.78 is 19.5. The highest BCUT2D eigenvalue weighted by molar-refractivity contribution is 6.30. The van der Waals surface area contributed by atoms with Gasteiger partial charge >= 0.3 is 0 Å². The molecule has 1 aliphatic rings. The van der Waals surface area contributed by atoms with E-state index in [1.165, 1.54) is 6.07 Å². The summed E-state index contributed by atoms with van der Waals surface area (Å²) in [5.41, 5.74) is -0.192. The molecule has 1 saturated carbocycles. The summed E-state index contributed by atoms with van der Waals surface area (Å²) in [6, 6.07) is 4.76. The maximum absolute atomic E-state index is 14.0. The third kappa shape index (κ3) is 3.46. The summed E-state index contributed by atoms with van der Waals surface area (Å²) in [6.07, 6.45) is 3.28. The summed E-state index contributed by atoms with van der Waals surface area (Å²) in [6.45, 7) is 4.40. The van der Waals surface area contributed by atoms with Crippen LogP contribution in [0.3, 0.4) is 0 Å². The van der Waals surface area contributed by atoms with Crippen LogP contribution in [0.15, 0.2) is 18.2 Å². The molecular formula is C17H22ClFO2. The molecule has 0 amide bonds. The molecule has 0 radical (unpaired) electrons. The Kier molecular flexibility index (Phi) is 4.74. The molecule has 1 aromatic rings. The highest BCUT2D eigenvalue weighted by atomic mass is 35.5. The zero-order valence-corrected chi connectivity index (χ0v) is 13.6. The minimum atomic E-state index is -0.774. The number of Topliss-reactive ketones (excluding diaryl/α,β-unsaturated/α-hetero) is 1. The van der Waals surface area contributed by atoms with E-state index in [0.717, 1.165) is 12.8 Å². The van der Waals surface area contributed by atoms with Gasteiger partial charge in [-0.25, -0.2) is 4.39 Å². The van der Waals surface area contributed by atoms with Crippen LogP contribution in [0.5, 0.6) is 0 Å². The molecule has 0 spiro atoms. The van der Waals surface area contributed by atoms with Crippen molar-refractivity contribution in [1.82, 2.24) is 0 Å². The van der Waals surface area contributed by atoms with E-state index in [4.69, 9.17) is 16.3 Å². The molecule has 1 fully saturated rings. The average Bonchev–Trinajstić information content (AvgIpc) is 2.44. The van der Waals surface area contributed by atoms with Gasteiger partial charge in [-0.1, -0.05) is 37.6 Å². The Morgan fingerprint density at radius 2 is 1.90 bits per heavy atom. The van der Waals surface area contributed by atoms with Gasteiger partial charge in [-0.3, -0.25) is 4.79 Å². The lowest BCUT2D eigenvalue weighted by molar-refractivity contribution is -0.147. The van der Waals surface area contributed by atoms with Gasteiger partial charge < -0.3 is 4.74 Å². The van der Waals surface area contributed by atoms with Gasteiger partial charge in [0.2, 0.25) is 0 Å². The highest BCUT2D eigenvalue weighted by Gasteiger charge is 2.43. The molecule has 0 atom stereocenters. The summed E-state index contributed by atoms with van der Waals surface area (Å²) >= 11 is 5.77. The molecule has 0 unspecified atom stereocenters. The second-order valence-electron chi connectivity index (χ2n) is 6.68. The van der Waals surface area contributed by atoms with E-state index in [1.54, 1.807) is 19.2 Å². The molecule has 0 aromatic heterocycles. The lowest BCUT2D eigenvalue weighted by Crippen LogP contribution is -2.46. The van der Waals surface area contributed by atoms with Gasteiger partial charge in [0.05, 0.1) is 5.02 Å². The summed E-state index contributed by atoms with van der Waals surface area (Å²) in [5.74, 6) is -0.559. The monoisotopic (exact) mass is 312 g/mol. The smallest absolute Gasteiger partial charge is 0.169 e. The number of hydrogen-bond acceptors (Lipinski definition) is 2. The van der Waals surface area contributed by atoms with Crippen LogP contribution in [0.2, 0.25) is 5.02 Å². The fourth-order valence-corrected chi connectivity index (χ4v) is 3.14. The Labute approximate surface area is 130 Å². The van der Waals surface area contributed by atoms with Gasteiger partial charge in [-0.2, -0.15) is 0 Å². The second kappa shape index (κ2) is 6.05. The van der Waals surface area contributed by atoms with Crippen LogP contribution in [-0.2, 0) is 16.0 Å². The Morgan fingerprint density at radius 3 is 2.48 bits per heavy atom. The molecule has 1 aromatic carbocycles. The quantitative estimate of drug-likeness (QED) is 0.813. The molecule has 2 rings (SSSR count). The third-order valence-electron chi connectivity index (χ3n) is 4.69. The maximum Gasteiger partial charge on any atom is 0.169 e. The van der Waals surface area contributed by atoms with Crippen molar-refractivity contribution in [3.63, 3.8) is 0 Å². The Balaban J connectivity index is 2.16. The summed E-state index contributed by atoms with van der Waals surface area (Å²) in [7, 11) is 1.57. The standard InChI is InChI=1S/C17H22ClFO2/c1-16(2)7-9-17(21-3,10-8-16)14(20)11-12-5-4-6-13(18)15(12)19/h4-6H,7-11H2,1-3H3. The number of benzene rings is 1. The van der Waals surface area contributed by atoms with Gasteiger partial charge in [0.1, 0.15) is 11.4 Å². The first-order valence-electron chi connectivity index (χ1n) is 7.31. The molecular weight excluding hydrogens is 291 g/mol. The first kappa shape index (κ1) is 16.4. The van der Waals surface area contributed by atoms with Crippen LogP contribution in [0.1, 0.15) is 45.1 Å². The van der Waals surface area contributed by atoms with E-state index >= 15 is 0 Å². The van der Waals surface area contributed by atoms with Crippen molar-refractivity contribution >= 4 is 17.4 Å². The van der Waals surface area contributed by atoms with Gasteiger partial charge in [0.25, 0.3) is 0 Å². The van der Waals surface area contributed by atoms with Crippen molar-refractivity contribution in [3.05, 3.63) is 34.6 Å². The molecule has 0 heterocycles. The van der Waals surface area contributed by atoms with Crippen molar-refractivity contribution in [1.29, 1.82) is 0 Å². The number of methoxy groups -OCH3 is 1. The average molecular weight is 313 g/mol. The van der Waals surface area contributed by atoms with E-state index in [1.807, 2.05) is 0 Å². The van der Waals surface area contributed by atoms with Crippen LogP contribution in [0.25, 0.3) is 0 Å². The first-order chi connectivity index (χ1) is 9.80. The number of rotatable bonds is 4. The highest BCUT2D eigenvalue weighted by Crippen LogP contribution is 2.42. The van der Waals surface area contributed by atoms with Crippen LogP contribution >= 0.6 is 11.6 Å². The minimum Gasteiger partial charge on any atom is -0.370 e. The van der Waals surface area contributed by atoms with Crippen LogP contribution in [-0.4, -0.2) is 18.5 Å². The number of hydrogen-bond donors (Lipinski definition) is 0. The van der Waals surface area contributed by atoms with Crippen LogP contribution in [0.4, 0.5) is 4.39 Å². The molecule has 0 N–H and O–H groups in total. The molecule has 2 nitrogen and oxygen atoms in total. The predicted molar refractivity (Wildman–Crippen MR) is 82.1 cm³/mol. The van der Waals surface area contributed by atoms with Crippen LogP contribution in [0, 0.1) is 11.2 Å². The van der Waals surface area contributed by atoms with Crippen molar-refractivity contribution in [3.8, 4) is 0 Å². The maximum atomic E-state index is 14.0. The van der Waals surface area contributed by atoms with Gasteiger partial charge in [0, 0.05) is 13.5 Å². The van der Waals surface area contributed by atoms with Crippen LogP contribution < -0.4 is 0 Å². The fraction of sp³-hybridized carbons (Fsp3) is 0.588. The zero-order valence-electron chi connectivity index (χ0n) is 12.8. The molecule has 116 valence electrons. The molecule has 21 heavy (non-hydrogen) atoms. The SMILES string of the molecule is COC1(C(=O)Cc2cccc(Cl)c2F)CCC(C)(C)CC1. The van der Waals surface area contributed by atoms with Gasteiger partial charge in [-0.15, -0.1) is 0 Å². The Bertz CT molecular complexity index is 530. The first-order valence-corrected chi connectivity index (χ1v) is 7.69. The van der Waals surface area contributed by atoms with E-state index in [9.17, 15) is 9.18 Å². The number of carbonyl (C=O) groups excluding carboxylic acids is 1. The normalized spacial score (nSPS) is 20.2. The number of carbonyl (C=O) groups is 1. The van der Waals surface area contributed by atoms with Crippen molar-refractivity contribution in [2.75, 3.05) is 7.11 Å². The number of ether oxygens (including phenoxy) is 1. The topological polar surface area (TPSA) is 26.3 Å². The number of ketones is 1. The Morgan fingerprint density at radius 1 is 1.29 bits per heavy atom. The second-order valence-corrected chi connectivity index (χ2v) is 7.08. The largest absolute Gasteiger partial charge is 0.370 e. The molecule has 0 saturated heterocycles. The van der Waals surface area contributed by atoms with Gasteiger partial charge in [-0.05, 0) is 42.7 Å². The molecule has 0 aliphatic heterocycles. The van der Waals surface area contributed by atoms with E-state index < -0.39 is 11.4 Å². The van der Waals surface area contributed by atoms with Gasteiger partial charge in [0.15, 0.2) is 5.78 Å². The summed E-state index contributed by atoms with van der Waals surface area (Å²) in [5, 5.41) is 0.0524. The Hall–Kier alpha value is -0.930. The summed E-state index contributed by atoms with van der Waals surface area (Å²) in [4.78, 5) is 12.7. The molecule has 0 bridgehead atoms. The zero-order chi connectivity index (χ0) is 15.7. The van der Waals surface area contributed by atoms with Crippen molar-refractivity contribution in [2.24, 2.45) is 5.41 Å². The third-order valence-corrected chi connectivity index (χ3v) is 4.98. The molecule has 4 heteroatoms. The number of halogens is 2. The lowest BCUT2D eigenvalue weighted by Gasteiger charge is -2.41. The minimum absolute atomic E-state index is 0.0284. The molecule has 1 aliphatic carbocycles. The van der Waals surface area contributed by atoms with E-state index in [-0.39, 0.29) is 22.6 Å². The van der Waals surface area contributed by atoms with Crippen molar-refractivity contribution in [2.45, 2.75) is 51.6 Å². The van der Waals surface area contributed by atoms with Crippen molar-refractivity contribution < 1.29 is 13.9 Å². The van der Waals surface area contributed by atoms with E-state index in [0.29, 0.717) is 18.4 Å². The van der Waals surface area contributed by atoms with E-state index in [2.05, 4.69) is 13.8 Å². The predicted octanol–water partition coefficient (Wildman–Crippen LogP) is 4.58. The lowest BCUT2D eigenvalue weighted by atomic mass is 9.69.